The quantitative estimate of drug-likeness (QED) is 0.838. The summed E-state index contributed by atoms with van der Waals surface area (Å²) in [4.78, 5) is 27.5. The Morgan fingerprint density at radius 2 is 1.82 bits per heavy atom. The molecular formula is C15H20FN3O3. The molecule has 6 nitrogen and oxygen atoms in total. The van der Waals surface area contributed by atoms with Crippen LogP contribution >= 0.6 is 0 Å². The first-order valence-corrected chi connectivity index (χ1v) is 7.16. The minimum Gasteiger partial charge on any atom is -0.484 e. The average Bonchev–Trinajstić information content (AvgIpc) is 2.52. The van der Waals surface area contributed by atoms with Crippen molar-refractivity contribution < 1.29 is 18.7 Å². The molecule has 7 heteroatoms. The van der Waals surface area contributed by atoms with E-state index in [1.165, 1.54) is 24.3 Å². The Balaban J connectivity index is 1.66. The molecule has 1 N–H and O–H groups in total. The van der Waals surface area contributed by atoms with Crippen LogP contribution in [0.3, 0.4) is 0 Å². The molecule has 0 aliphatic carbocycles. The molecule has 1 aliphatic heterocycles. The summed E-state index contributed by atoms with van der Waals surface area (Å²) < 4.78 is 17.9. The van der Waals surface area contributed by atoms with E-state index in [4.69, 9.17) is 4.74 Å². The first kappa shape index (κ1) is 16.2. The van der Waals surface area contributed by atoms with E-state index in [-0.39, 0.29) is 30.8 Å². The third-order valence-corrected chi connectivity index (χ3v) is 3.48. The van der Waals surface area contributed by atoms with E-state index in [1.807, 2.05) is 7.05 Å². The van der Waals surface area contributed by atoms with Gasteiger partial charge in [0.05, 0.1) is 6.54 Å². The highest BCUT2D eigenvalue weighted by Gasteiger charge is 2.19. The van der Waals surface area contributed by atoms with Crippen LogP contribution < -0.4 is 10.1 Å². The zero-order valence-corrected chi connectivity index (χ0v) is 12.5. The van der Waals surface area contributed by atoms with Gasteiger partial charge in [-0.1, -0.05) is 0 Å². The van der Waals surface area contributed by atoms with Crippen LogP contribution in [0, 0.1) is 5.82 Å². The minimum absolute atomic E-state index is 0.0324. The molecule has 1 aliphatic rings. The fraction of sp³-hybridized carbons (Fsp3) is 0.467. The summed E-state index contributed by atoms with van der Waals surface area (Å²) in [6, 6.07) is 5.39. The highest BCUT2D eigenvalue weighted by Crippen LogP contribution is 2.10. The Morgan fingerprint density at radius 3 is 2.45 bits per heavy atom. The van der Waals surface area contributed by atoms with Gasteiger partial charge < -0.3 is 19.9 Å². The molecule has 2 rings (SSSR count). The fourth-order valence-electron chi connectivity index (χ4n) is 2.07. The molecule has 0 spiro atoms. The van der Waals surface area contributed by atoms with E-state index >= 15 is 0 Å². The second kappa shape index (κ2) is 7.74. The van der Waals surface area contributed by atoms with Crippen molar-refractivity contribution in [2.24, 2.45) is 0 Å². The molecule has 2 amide bonds. The minimum atomic E-state index is -0.383. The third-order valence-electron chi connectivity index (χ3n) is 3.48. The zero-order valence-electron chi connectivity index (χ0n) is 12.5. The number of ether oxygens (including phenoxy) is 1. The smallest absolute Gasteiger partial charge is 0.258 e. The first-order chi connectivity index (χ1) is 10.5. The Morgan fingerprint density at radius 1 is 1.18 bits per heavy atom. The summed E-state index contributed by atoms with van der Waals surface area (Å²) in [5.41, 5.74) is 0. The van der Waals surface area contributed by atoms with Crippen molar-refractivity contribution in [2.45, 2.75) is 0 Å². The van der Waals surface area contributed by atoms with Crippen LogP contribution in [0.5, 0.6) is 5.75 Å². The van der Waals surface area contributed by atoms with Crippen molar-refractivity contribution in [3.63, 3.8) is 0 Å². The van der Waals surface area contributed by atoms with E-state index in [0.29, 0.717) is 18.8 Å². The molecule has 1 aromatic rings. The van der Waals surface area contributed by atoms with Crippen molar-refractivity contribution in [3.05, 3.63) is 30.1 Å². The van der Waals surface area contributed by atoms with Gasteiger partial charge in [0.2, 0.25) is 5.91 Å². The maximum Gasteiger partial charge on any atom is 0.258 e. The number of piperazine rings is 1. The third kappa shape index (κ3) is 5.00. The summed E-state index contributed by atoms with van der Waals surface area (Å²) in [6.07, 6.45) is 0. The Kier molecular flexibility index (Phi) is 5.71. The molecule has 1 fully saturated rings. The number of hydrogen-bond acceptors (Lipinski definition) is 4. The van der Waals surface area contributed by atoms with Crippen LogP contribution in [-0.2, 0) is 9.59 Å². The van der Waals surface area contributed by atoms with E-state index in [0.717, 1.165) is 13.1 Å². The predicted octanol–water partition coefficient (Wildman–Crippen LogP) is 0.0947. The average molecular weight is 309 g/mol. The molecule has 120 valence electrons. The number of benzene rings is 1. The van der Waals surface area contributed by atoms with Crippen molar-refractivity contribution in [2.75, 3.05) is 46.4 Å². The van der Waals surface area contributed by atoms with Gasteiger partial charge in [0.1, 0.15) is 11.6 Å². The van der Waals surface area contributed by atoms with Gasteiger partial charge in [-0.05, 0) is 31.3 Å². The number of carbonyl (C=O) groups is 2. The Bertz CT molecular complexity index is 513. The van der Waals surface area contributed by atoms with Gasteiger partial charge in [0.15, 0.2) is 6.61 Å². The number of amides is 2. The largest absolute Gasteiger partial charge is 0.484 e. The summed E-state index contributed by atoms with van der Waals surface area (Å²) in [6.45, 7) is 2.80. The van der Waals surface area contributed by atoms with Crippen LogP contribution in [0.25, 0.3) is 0 Å². The van der Waals surface area contributed by atoms with Crippen LogP contribution in [0.4, 0.5) is 4.39 Å². The summed E-state index contributed by atoms with van der Waals surface area (Å²) in [5.74, 6) is -0.438. The fourth-order valence-corrected chi connectivity index (χ4v) is 2.07. The number of nitrogens with one attached hydrogen (secondary N) is 1. The van der Waals surface area contributed by atoms with Gasteiger partial charge in [-0.15, -0.1) is 0 Å². The van der Waals surface area contributed by atoms with Crippen molar-refractivity contribution in [1.82, 2.24) is 15.1 Å². The van der Waals surface area contributed by atoms with Crippen LogP contribution in [0.2, 0.25) is 0 Å². The molecule has 1 heterocycles. The second-order valence-electron chi connectivity index (χ2n) is 5.20. The number of likely N-dealkylation sites (N-methyl/N-ethyl adjacent to an activating group) is 1. The SMILES string of the molecule is CN1CCN(C(=O)CNC(=O)COc2ccc(F)cc2)CC1. The van der Waals surface area contributed by atoms with E-state index in [9.17, 15) is 14.0 Å². The molecule has 0 bridgehead atoms. The van der Waals surface area contributed by atoms with E-state index in [2.05, 4.69) is 10.2 Å². The van der Waals surface area contributed by atoms with Crippen LogP contribution in [0.15, 0.2) is 24.3 Å². The Labute approximate surface area is 128 Å². The van der Waals surface area contributed by atoms with Crippen molar-refractivity contribution >= 4 is 11.8 Å². The molecule has 0 unspecified atom stereocenters. The van der Waals surface area contributed by atoms with Gasteiger partial charge in [0.25, 0.3) is 5.91 Å². The molecule has 0 radical (unpaired) electrons. The highest BCUT2D eigenvalue weighted by molar-refractivity contribution is 5.85. The van der Waals surface area contributed by atoms with E-state index < -0.39 is 0 Å². The van der Waals surface area contributed by atoms with E-state index in [1.54, 1.807) is 4.90 Å². The lowest BCUT2D eigenvalue weighted by atomic mass is 10.3. The normalized spacial score (nSPS) is 15.5. The van der Waals surface area contributed by atoms with Gasteiger partial charge in [-0.25, -0.2) is 4.39 Å². The number of hydrogen-bond donors (Lipinski definition) is 1. The van der Waals surface area contributed by atoms with Gasteiger partial charge in [-0.2, -0.15) is 0 Å². The van der Waals surface area contributed by atoms with Gasteiger partial charge in [-0.3, -0.25) is 9.59 Å². The molecule has 0 atom stereocenters. The molecule has 1 saturated heterocycles. The molecule has 22 heavy (non-hydrogen) atoms. The topological polar surface area (TPSA) is 61.9 Å². The standard InChI is InChI=1S/C15H20FN3O3/c1-18-6-8-19(9-7-18)15(21)10-17-14(20)11-22-13-4-2-12(16)3-5-13/h2-5H,6-11H2,1H3,(H,17,20). The van der Waals surface area contributed by atoms with Crippen LogP contribution in [-0.4, -0.2) is 68.0 Å². The molecule has 0 aromatic heterocycles. The lowest BCUT2D eigenvalue weighted by Crippen LogP contribution is -2.50. The lowest BCUT2D eigenvalue weighted by molar-refractivity contribution is -0.134. The predicted molar refractivity (Wildman–Crippen MR) is 79.0 cm³/mol. The molecule has 0 saturated carbocycles. The van der Waals surface area contributed by atoms with Crippen LogP contribution in [0.1, 0.15) is 0 Å². The monoisotopic (exact) mass is 309 g/mol. The Hall–Kier alpha value is -2.15. The number of carbonyl (C=O) groups excluding carboxylic acids is 2. The lowest BCUT2D eigenvalue weighted by Gasteiger charge is -2.32. The van der Waals surface area contributed by atoms with Crippen molar-refractivity contribution in [1.29, 1.82) is 0 Å². The molecular weight excluding hydrogens is 289 g/mol. The maximum atomic E-state index is 12.7. The summed E-state index contributed by atoms with van der Waals surface area (Å²) in [7, 11) is 2.01. The maximum absolute atomic E-state index is 12.7. The van der Waals surface area contributed by atoms with Crippen molar-refractivity contribution in [3.8, 4) is 5.75 Å². The highest BCUT2D eigenvalue weighted by atomic mass is 19.1. The van der Waals surface area contributed by atoms with Gasteiger partial charge >= 0.3 is 0 Å². The summed E-state index contributed by atoms with van der Waals surface area (Å²) in [5, 5.41) is 2.53. The van der Waals surface area contributed by atoms with Gasteiger partial charge in [0, 0.05) is 26.2 Å². The molecule has 1 aromatic carbocycles. The second-order valence-corrected chi connectivity index (χ2v) is 5.20. The summed E-state index contributed by atoms with van der Waals surface area (Å²) >= 11 is 0. The first-order valence-electron chi connectivity index (χ1n) is 7.16. The number of halogens is 1. The number of nitrogens with zero attached hydrogens (tertiary/aromatic N) is 2. The zero-order chi connectivity index (χ0) is 15.9. The number of rotatable bonds is 5.